The van der Waals surface area contributed by atoms with Crippen molar-refractivity contribution in [1.82, 2.24) is 0 Å². The largest absolute Gasteiger partial charge is 0.332 e. The van der Waals surface area contributed by atoms with Gasteiger partial charge in [0.05, 0.1) is 0 Å². The topological polar surface area (TPSA) is 45.7 Å². The molecule has 3 N–H and O–H groups in total. The molecule has 0 aliphatic heterocycles. The number of amides is 1. The Morgan fingerprint density at radius 2 is 1.96 bits per heavy atom. The van der Waals surface area contributed by atoms with Crippen LogP contribution in [0.25, 0.3) is 0 Å². The number of nitrogens with one attached hydrogen (secondary N) is 1. The maximum Gasteiger partial charge on any atom is 0.279 e. The van der Waals surface area contributed by atoms with Crippen molar-refractivity contribution in [2.45, 2.75) is 26.3 Å². The monoisotopic (exact) mass is 395 g/mol. The highest BCUT2D eigenvalue weighted by Gasteiger charge is 2.15. The number of halogens is 2. The number of hydrogen-bond acceptors (Lipinski definition) is 1. The van der Waals surface area contributed by atoms with E-state index in [1.807, 2.05) is 37.3 Å². The molecule has 5 heteroatoms. The zero-order chi connectivity index (χ0) is 16.8. The van der Waals surface area contributed by atoms with Gasteiger partial charge >= 0.3 is 0 Å². The van der Waals surface area contributed by atoms with Crippen LogP contribution in [0.4, 0.5) is 5.69 Å². The van der Waals surface area contributed by atoms with E-state index in [1.165, 1.54) is 5.56 Å². The summed E-state index contributed by atoms with van der Waals surface area (Å²) in [4.78, 5) is 12.2. The number of benzene rings is 2. The molecular formula is C18H21BrClN2O+. The third-order valence-corrected chi connectivity index (χ3v) is 4.81. The Balaban J connectivity index is 1.94. The van der Waals surface area contributed by atoms with Crippen molar-refractivity contribution in [3.8, 4) is 0 Å². The van der Waals surface area contributed by atoms with E-state index in [0.717, 1.165) is 22.1 Å². The number of hydrogen-bond donors (Lipinski definition) is 2. The van der Waals surface area contributed by atoms with E-state index in [9.17, 15) is 4.79 Å². The van der Waals surface area contributed by atoms with Crippen molar-refractivity contribution in [3.05, 3.63) is 63.1 Å². The number of carbonyl (C=O) groups is 1. The average Bonchev–Trinajstić information content (AvgIpc) is 2.54. The highest BCUT2D eigenvalue weighted by atomic mass is 79.9. The summed E-state index contributed by atoms with van der Waals surface area (Å²) in [7, 11) is 0. The van der Waals surface area contributed by atoms with E-state index in [1.54, 1.807) is 0 Å². The van der Waals surface area contributed by atoms with Crippen molar-refractivity contribution >= 4 is 39.1 Å². The van der Waals surface area contributed by atoms with Crippen LogP contribution in [0.3, 0.4) is 0 Å². The quantitative estimate of drug-likeness (QED) is 0.760. The van der Waals surface area contributed by atoms with Crippen molar-refractivity contribution in [2.75, 3.05) is 11.9 Å². The van der Waals surface area contributed by atoms with Gasteiger partial charge in [0.15, 0.2) is 6.54 Å². The van der Waals surface area contributed by atoms with Gasteiger partial charge in [0.25, 0.3) is 5.91 Å². The highest BCUT2D eigenvalue weighted by Crippen LogP contribution is 2.22. The molecule has 0 aromatic heterocycles. The fourth-order valence-corrected chi connectivity index (χ4v) is 2.88. The van der Waals surface area contributed by atoms with Gasteiger partial charge < -0.3 is 10.6 Å². The Morgan fingerprint density at radius 3 is 2.61 bits per heavy atom. The Kier molecular flexibility index (Phi) is 6.63. The molecule has 2 aromatic carbocycles. The van der Waals surface area contributed by atoms with Crippen molar-refractivity contribution in [3.63, 3.8) is 0 Å². The van der Waals surface area contributed by atoms with E-state index >= 15 is 0 Å². The molecule has 0 radical (unpaired) electrons. The fourth-order valence-electron chi connectivity index (χ4n) is 2.44. The second-order valence-corrected chi connectivity index (χ2v) is 6.79. The maximum atomic E-state index is 12.2. The molecule has 0 aliphatic carbocycles. The second kappa shape index (κ2) is 8.48. The first-order valence-electron chi connectivity index (χ1n) is 7.65. The number of anilines is 1. The summed E-state index contributed by atoms with van der Waals surface area (Å²) in [6.45, 7) is 4.40. The average molecular weight is 397 g/mol. The molecule has 2 aromatic rings. The van der Waals surface area contributed by atoms with Crippen LogP contribution in [0.2, 0.25) is 5.02 Å². The van der Waals surface area contributed by atoms with Crippen LogP contribution in [0.15, 0.2) is 46.9 Å². The summed E-state index contributed by atoms with van der Waals surface area (Å²) in [6, 6.07) is 14.0. The first-order chi connectivity index (χ1) is 11.0. The molecule has 2 rings (SSSR count). The molecule has 0 fully saturated rings. The Labute approximate surface area is 150 Å². The normalized spacial score (nSPS) is 12.0. The van der Waals surface area contributed by atoms with Gasteiger partial charge in [-0.2, -0.15) is 0 Å². The van der Waals surface area contributed by atoms with Gasteiger partial charge in [-0.15, -0.1) is 0 Å². The summed E-state index contributed by atoms with van der Waals surface area (Å²) < 4.78 is 1.06. The fraction of sp³-hybridized carbons (Fsp3) is 0.278. The summed E-state index contributed by atoms with van der Waals surface area (Å²) in [5.41, 5.74) is 2.89. The minimum Gasteiger partial charge on any atom is -0.332 e. The standard InChI is InChI=1S/C18H20BrClN2O/c1-3-16(13-7-9-14(19)10-8-13)21-11-18(23)22-17-6-4-5-15(20)12(17)2/h4-10,16,21H,3,11H2,1-2H3,(H,22,23)/p+1/t16-/m1/s1. The number of quaternary nitrogens is 1. The van der Waals surface area contributed by atoms with Crippen LogP contribution in [0.5, 0.6) is 0 Å². The molecule has 3 nitrogen and oxygen atoms in total. The van der Waals surface area contributed by atoms with Crippen LogP contribution in [0, 0.1) is 6.92 Å². The number of nitrogens with two attached hydrogens (primary N) is 1. The van der Waals surface area contributed by atoms with E-state index in [2.05, 4.69) is 45.6 Å². The van der Waals surface area contributed by atoms with E-state index in [0.29, 0.717) is 11.6 Å². The zero-order valence-corrected chi connectivity index (χ0v) is 15.6. The number of rotatable bonds is 6. The Hall–Kier alpha value is -1.36. The Morgan fingerprint density at radius 1 is 1.26 bits per heavy atom. The van der Waals surface area contributed by atoms with E-state index in [4.69, 9.17) is 11.6 Å². The lowest BCUT2D eigenvalue weighted by Gasteiger charge is -2.15. The van der Waals surface area contributed by atoms with Crippen molar-refractivity contribution in [2.24, 2.45) is 0 Å². The molecule has 0 saturated carbocycles. The van der Waals surface area contributed by atoms with Crippen molar-refractivity contribution < 1.29 is 10.1 Å². The van der Waals surface area contributed by atoms with Crippen LogP contribution in [-0.2, 0) is 4.79 Å². The molecule has 122 valence electrons. The molecule has 0 unspecified atom stereocenters. The lowest BCUT2D eigenvalue weighted by Crippen LogP contribution is -2.87. The SMILES string of the molecule is CC[C@@H]([NH2+]CC(=O)Nc1cccc(Cl)c1C)c1ccc(Br)cc1. The number of carbonyl (C=O) groups excluding carboxylic acids is 1. The molecule has 0 spiro atoms. The van der Waals surface area contributed by atoms with Crippen molar-refractivity contribution in [1.29, 1.82) is 0 Å². The first-order valence-corrected chi connectivity index (χ1v) is 8.82. The van der Waals surface area contributed by atoms with Gasteiger partial charge in [0, 0.05) is 27.2 Å². The Bertz CT molecular complexity index is 673. The van der Waals surface area contributed by atoms with Gasteiger partial charge in [-0.1, -0.05) is 52.7 Å². The molecule has 1 amide bonds. The smallest absolute Gasteiger partial charge is 0.279 e. The molecule has 1 atom stereocenters. The minimum absolute atomic E-state index is 0.0223. The predicted molar refractivity (Wildman–Crippen MR) is 98.8 cm³/mol. The lowest BCUT2D eigenvalue weighted by molar-refractivity contribution is -0.686. The van der Waals surface area contributed by atoms with Gasteiger partial charge in [-0.05, 0) is 36.8 Å². The van der Waals surface area contributed by atoms with Gasteiger partial charge in [0.1, 0.15) is 6.04 Å². The van der Waals surface area contributed by atoms with Gasteiger partial charge in [-0.3, -0.25) is 4.79 Å². The maximum absolute atomic E-state index is 12.2. The third-order valence-electron chi connectivity index (χ3n) is 3.87. The molecule has 0 saturated heterocycles. The highest BCUT2D eigenvalue weighted by molar-refractivity contribution is 9.10. The van der Waals surface area contributed by atoms with Crippen LogP contribution >= 0.6 is 27.5 Å². The van der Waals surface area contributed by atoms with Gasteiger partial charge in [-0.25, -0.2) is 0 Å². The lowest BCUT2D eigenvalue weighted by atomic mass is 10.0. The molecule has 0 bridgehead atoms. The van der Waals surface area contributed by atoms with Crippen LogP contribution in [-0.4, -0.2) is 12.5 Å². The van der Waals surface area contributed by atoms with Crippen LogP contribution < -0.4 is 10.6 Å². The summed E-state index contributed by atoms with van der Waals surface area (Å²) >= 11 is 9.52. The zero-order valence-electron chi connectivity index (χ0n) is 13.3. The van der Waals surface area contributed by atoms with E-state index < -0.39 is 0 Å². The molecule has 0 heterocycles. The molecule has 0 aliphatic rings. The van der Waals surface area contributed by atoms with E-state index in [-0.39, 0.29) is 11.9 Å². The molecule has 23 heavy (non-hydrogen) atoms. The third kappa shape index (κ3) is 5.06. The van der Waals surface area contributed by atoms with Crippen LogP contribution in [0.1, 0.15) is 30.5 Å². The predicted octanol–water partition coefficient (Wildman–Crippen LogP) is 4.06. The molecular weight excluding hydrogens is 376 g/mol. The van der Waals surface area contributed by atoms with Gasteiger partial charge in [0.2, 0.25) is 0 Å². The summed E-state index contributed by atoms with van der Waals surface area (Å²) in [5.74, 6) is -0.0223. The summed E-state index contributed by atoms with van der Waals surface area (Å²) in [5, 5.41) is 5.66. The second-order valence-electron chi connectivity index (χ2n) is 5.47. The minimum atomic E-state index is -0.0223. The summed E-state index contributed by atoms with van der Waals surface area (Å²) in [6.07, 6.45) is 0.963. The first kappa shape index (κ1) is 18.0.